The zero-order chi connectivity index (χ0) is 14.8. The van der Waals surface area contributed by atoms with E-state index in [2.05, 4.69) is 18.2 Å². The lowest BCUT2D eigenvalue weighted by Gasteiger charge is -2.27. The standard InChI is InChI=1S/C18H18ClNO/c1-20(16-12-11-13-7-5-6-10-15(13)16)18(21)17(19)14-8-3-2-4-9-14/h2-10,16-17H,11-12H2,1H3. The first-order chi connectivity index (χ1) is 10.2. The molecular weight excluding hydrogens is 282 g/mol. The van der Waals surface area contributed by atoms with Crippen LogP contribution < -0.4 is 0 Å². The van der Waals surface area contributed by atoms with Gasteiger partial charge in [0.05, 0.1) is 6.04 Å². The maximum atomic E-state index is 12.6. The fourth-order valence-corrected chi connectivity index (χ4v) is 3.33. The minimum absolute atomic E-state index is 0.0374. The predicted octanol–water partition coefficient (Wildman–Crippen LogP) is 4.11. The van der Waals surface area contributed by atoms with Gasteiger partial charge in [-0.1, -0.05) is 54.6 Å². The van der Waals surface area contributed by atoms with Crippen LogP contribution in [0.3, 0.4) is 0 Å². The maximum Gasteiger partial charge on any atom is 0.245 e. The van der Waals surface area contributed by atoms with E-state index in [-0.39, 0.29) is 11.9 Å². The Kier molecular flexibility index (Phi) is 3.98. The zero-order valence-electron chi connectivity index (χ0n) is 12.0. The van der Waals surface area contributed by atoms with Gasteiger partial charge in [-0.3, -0.25) is 4.79 Å². The molecule has 108 valence electrons. The Morgan fingerprint density at radius 3 is 2.57 bits per heavy atom. The van der Waals surface area contributed by atoms with E-state index in [0.717, 1.165) is 18.4 Å². The van der Waals surface area contributed by atoms with E-state index in [1.54, 1.807) is 4.90 Å². The molecule has 1 amide bonds. The molecule has 0 aliphatic heterocycles. The van der Waals surface area contributed by atoms with Crippen LogP contribution in [-0.4, -0.2) is 17.9 Å². The largest absolute Gasteiger partial charge is 0.337 e. The van der Waals surface area contributed by atoms with Crippen molar-refractivity contribution < 1.29 is 4.79 Å². The molecule has 0 fully saturated rings. The third-order valence-electron chi connectivity index (χ3n) is 4.23. The van der Waals surface area contributed by atoms with Crippen LogP contribution in [0.2, 0.25) is 0 Å². The van der Waals surface area contributed by atoms with Gasteiger partial charge in [0.2, 0.25) is 5.91 Å². The number of aryl methyl sites for hydroxylation is 1. The molecule has 0 saturated carbocycles. The molecule has 0 heterocycles. The lowest BCUT2D eigenvalue weighted by atomic mass is 10.1. The fraction of sp³-hybridized carbons (Fsp3) is 0.278. The van der Waals surface area contributed by atoms with Crippen LogP contribution in [0, 0.1) is 0 Å². The summed E-state index contributed by atoms with van der Waals surface area (Å²) in [7, 11) is 1.85. The molecule has 0 spiro atoms. The highest BCUT2D eigenvalue weighted by atomic mass is 35.5. The second-order valence-corrected chi connectivity index (χ2v) is 5.91. The Labute approximate surface area is 130 Å². The van der Waals surface area contributed by atoms with E-state index in [1.165, 1.54) is 11.1 Å². The van der Waals surface area contributed by atoms with Gasteiger partial charge in [0.25, 0.3) is 0 Å². The van der Waals surface area contributed by atoms with Crippen molar-refractivity contribution in [3.63, 3.8) is 0 Å². The molecule has 1 aliphatic carbocycles. The van der Waals surface area contributed by atoms with Gasteiger partial charge in [-0.15, -0.1) is 11.6 Å². The summed E-state index contributed by atoms with van der Waals surface area (Å²) in [6.45, 7) is 0. The highest BCUT2D eigenvalue weighted by molar-refractivity contribution is 6.30. The number of alkyl halides is 1. The first-order valence-electron chi connectivity index (χ1n) is 7.22. The topological polar surface area (TPSA) is 20.3 Å². The molecule has 0 bridgehead atoms. The van der Waals surface area contributed by atoms with Crippen molar-refractivity contribution in [1.29, 1.82) is 0 Å². The predicted molar refractivity (Wildman–Crippen MR) is 85.3 cm³/mol. The number of nitrogens with zero attached hydrogens (tertiary/aromatic N) is 1. The molecule has 3 heteroatoms. The first-order valence-corrected chi connectivity index (χ1v) is 7.65. The Morgan fingerprint density at radius 2 is 1.81 bits per heavy atom. The summed E-state index contributed by atoms with van der Waals surface area (Å²) in [6.07, 6.45) is 2.00. The van der Waals surface area contributed by atoms with Gasteiger partial charge in [-0.25, -0.2) is 0 Å². The number of benzene rings is 2. The van der Waals surface area contributed by atoms with Gasteiger partial charge in [0.1, 0.15) is 5.38 Å². The highest BCUT2D eigenvalue weighted by Crippen LogP contribution is 2.36. The normalized spacial score (nSPS) is 18.1. The minimum Gasteiger partial charge on any atom is -0.337 e. The molecule has 2 atom stereocenters. The van der Waals surface area contributed by atoms with Gasteiger partial charge < -0.3 is 4.90 Å². The molecule has 0 saturated heterocycles. The molecule has 3 rings (SSSR count). The van der Waals surface area contributed by atoms with Gasteiger partial charge in [0.15, 0.2) is 0 Å². The van der Waals surface area contributed by atoms with Crippen molar-refractivity contribution in [2.45, 2.75) is 24.3 Å². The van der Waals surface area contributed by atoms with Crippen molar-refractivity contribution in [3.8, 4) is 0 Å². The first kappa shape index (κ1) is 14.2. The van der Waals surface area contributed by atoms with Crippen LogP contribution >= 0.6 is 11.6 Å². The van der Waals surface area contributed by atoms with Crippen molar-refractivity contribution in [2.24, 2.45) is 0 Å². The lowest BCUT2D eigenvalue weighted by molar-refractivity contribution is -0.131. The van der Waals surface area contributed by atoms with E-state index in [9.17, 15) is 4.79 Å². The molecule has 21 heavy (non-hydrogen) atoms. The summed E-state index contributed by atoms with van der Waals surface area (Å²) in [5.74, 6) is -0.0374. The number of halogens is 1. The van der Waals surface area contributed by atoms with Crippen molar-refractivity contribution in [2.75, 3.05) is 7.05 Å². The highest BCUT2D eigenvalue weighted by Gasteiger charge is 2.31. The van der Waals surface area contributed by atoms with Crippen molar-refractivity contribution in [3.05, 3.63) is 71.3 Å². The van der Waals surface area contributed by atoms with Crippen molar-refractivity contribution in [1.82, 2.24) is 4.90 Å². The number of amides is 1. The van der Waals surface area contributed by atoms with Gasteiger partial charge in [-0.2, -0.15) is 0 Å². The third-order valence-corrected chi connectivity index (χ3v) is 4.66. The average molecular weight is 300 g/mol. The molecule has 2 aromatic carbocycles. The second-order valence-electron chi connectivity index (χ2n) is 5.48. The van der Waals surface area contributed by atoms with Gasteiger partial charge >= 0.3 is 0 Å². The Morgan fingerprint density at radius 1 is 1.14 bits per heavy atom. The minimum atomic E-state index is -0.621. The summed E-state index contributed by atoms with van der Waals surface area (Å²) < 4.78 is 0. The summed E-state index contributed by atoms with van der Waals surface area (Å²) in [5, 5.41) is -0.621. The number of carbonyl (C=O) groups is 1. The average Bonchev–Trinajstić information content (AvgIpc) is 2.97. The zero-order valence-corrected chi connectivity index (χ0v) is 12.8. The van der Waals surface area contributed by atoms with Gasteiger partial charge in [-0.05, 0) is 29.5 Å². The van der Waals surface area contributed by atoms with Crippen LogP contribution in [0.4, 0.5) is 0 Å². The summed E-state index contributed by atoms with van der Waals surface area (Å²) in [4.78, 5) is 14.4. The smallest absolute Gasteiger partial charge is 0.245 e. The monoisotopic (exact) mass is 299 g/mol. The Hall–Kier alpha value is -1.80. The Balaban J connectivity index is 1.80. The maximum absolute atomic E-state index is 12.6. The van der Waals surface area contributed by atoms with E-state index >= 15 is 0 Å². The summed E-state index contributed by atoms with van der Waals surface area (Å²) >= 11 is 6.37. The van der Waals surface area contributed by atoms with Crippen LogP contribution in [0.5, 0.6) is 0 Å². The molecule has 0 radical (unpaired) electrons. The molecule has 0 N–H and O–H groups in total. The summed E-state index contributed by atoms with van der Waals surface area (Å²) in [5.41, 5.74) is 3.44. The van der Waals surface area contributed by atoms with Crippen LogP contribution in [0.25, 0.3) is 0 Å². The lowest BCUT2D eigenvalue weighted by Crippen LogP contribution is -2.32. The quantitative estimate of drug-likeness (QED) is 0.781. The van der Waals surface area contributed by atoms with E-state index in [1.807, 2.05) is 43.4 Å². The molecule has 2 nitrogen and oxygen atoms in total. The number of rotatable bonds is 3. The number of likely N-dealkylation sites (N-methyl/N-ethyl adjacent to an activating group) is 1. The number of hydrogen-bond donors (Lipinski definition) is 0. The fourth-order valence-electron chi connectivity index (χ4n) is 3.03. The van der Waals surface area contributed by atoms with Crippen LogP contribution in [-0.2, 0) is 11.2 Å². The van der Waals surface area contributed by atoms with Gasteiger partial charge in [0, 0.05) is 7.05 Å². The molecule has 2 aromatic rings. The van der Waals surface area contributed by atoms with Crippen molar-refractivity contribution >= 4 is 17.5 Å². The Bertz CT molecular complexity index is 641. The molecule has 0 aromatic heterocycles. The number of fused-ring (bicyclic) bond motifs is 1. The van der Waals surface area contributed by atoms with E-state index < -0.39 is 5.38 Å². The van der Waals surface area contributed by atoms with Crippen LogP contribution in [0.1, 0.15) is 34.5 Å². The number of carbonyl (C=O) groups excluding carboxylic acids is 1. The van der Waals surface area contributed by atoms with E-state index in [0.29, 0.717) is 0 Å². The molecular formula is C18H18ClNO. The van der Waals surface area contributed by atoms with E-state index in [4.69, 9.17) is 11.6 Å². The second kappa shape index (κ2) is 5.90. The molecule has 2 unspecified atom stereocenters. The van der Waals surface area contributed by atoms with Crippen LogP contribution in [0.15, 0.2) is 54.6 Å². The third kappa shape index (κ3) is 2.68. The SMILES string of the molecule is CN(C(=O)C(Cl)c1ccccc1)C1CCc2ccccc21. The summed E-state index contributed by atoms with van der Waals surface area (Å²) in [6, 6.07) is 18.0. The molecule has 1 aliphatic rings. The number of hydrogen-bond acceptors (Lipinski definition) is 1.